The van der Waals surface area contributed by atoms with Crippen molar-refractivity contribution in [1.29, 1.82) is 0 Å². The van der Waals surface area contributed by atoms with Crippen molar-refractivity contribution < 1.29 is 4.92 Å². The lowest BCUT2D eigenvalue weighted by Gasteiger charge is -2.38. The summed E-state index contributed by atoms with van der Waals surface area (Å²) in [6.45, 7) is 2.95. The monoisotopic (exact) mass is 254 g/mol. The van der Waals surface area contributed by atoms with Crippen LogP contribution in [-0.2, 0) is 0 Å². The molecular weight excluding hydrogens is 240 g/mol. The average molecular weight is 255 g/mol. The number of nitro groups is 1. The van der Waals surface area contributed by atoms with Crippen LogP contribution < -0.4 is 5.32 Å². The Morgan fingerprint density at radius 2 is 2.24 bits per heavy atom. The Kier molecular flexibility index (Phi) is 3.24. The quantitative estimate of drug-likeness (QED) is 0.656. The van der Waals surface area contributed by atoms with Crippen LogP contribution in [0.15, 0.2) is 18.2 Å². The van der Waals surface area contributed by atoms with E-state index in [2.05, 4.69) is 12.2 Å². The fraction of sp³-hybridized carbons (Fsp3) is 0.500. The van der Waals surface area contributed by atoms with E-state index in [-0.39, 0.29) is 16.1 Å². The number of nitrogens with one attached hydrogen (secondary N) is 1. The highest BCUT2D eigenvalue weighted by Crippen LogP contribution is 2.41. The summed E-state index contributed by atoms with van der Waals surface area (Å²) in [4.78, 5) is 10.5. The number of benzene rings is 1. The molecule has 1 aromatic carbocycles. The Hall–Kier alpha value is -1.29. The van der Waals surface area contributed by atoms with Gasteiger partial charge in [-0.25, -0.2) is 0 Å². The number of anilines is 1. The molecule has 17 heavy (non-hydrogen) atoms. The van der Waals surface area contributed by atoms with E-state index in [9.17, 15) is 10.1 Å². The van der Waals surface area contributed by atoms with Crippen LogP contribution in [0.3, 0.4) is 0 Å². The Bertz CT molecular complexity index is 444. The van der Waals surface area contributed by atoms with Crippen LogP contribution in [0.5, 0.6) is 0 Å². The lowest BCUT2D eigenvalue weighted by atomic mass is 9.70. The van der Waals surface area contributed by atoms with E-state index in [1.54, 1.807) is 12.1 Å². The fourth-order valence-electron chi connectivity index (χ4n) is 2.11. The molecule has 4 nitrogen and oxygen atoms in total. The van der Waals surface area contributed by atoms with Crippen molar-refractivity contribution in [2.24, 2.45) is 5.41 Å². The molecule has 92 valence electrons. The average Bonchev–Trinajstić information content (AvgIpc) is 2.23. The molecule has 0 amide bonds. The van der Waals surface area contributed by atoms with Gasteiger partial charge >= 0.3 is 5.69 Å². The van der Waals surface area contributed by atoms with E-state index in [1.165, 1.54) is 25.3 Å². The molecule has 0 aliphatic heterocycles. The number of rotatable bonds is 4. The molecule has 1 aromatic rings. The third-order valence-corrected chi connectivity index (χ3v) is 3.74. The molecular formula is C12H15ClN2O2. The second-order valence-corrected chi connectivity index (χ2v) is 5.32. The van der Waals surface area contributed by atoms with E-state index in [4.69, 9.17) is 11.6 Å². The molecule has 5 heteroatoms. The van der Waals surface area contributed by atoms with Gasteiger partial charge in [-0.05, 0) is 30.4 Å². The molecule has 1 aliphatic carbocycles. The van der Waals surface area contributed by atoms with Crippen molar-refractivity contribution in [1.82, 2.24) is 0 Å². The summed E-state index contributed by atoms with van der Waals surface area (Å²) in [6, 6.07) is 4.96. The van der Waals surface area contributed by atoms with Gasteiger partial charge in [0.2, 0.25) is 0 Å². The molecule has 0 heterocycles. The largest absolute Gasteiger partial charge is 0.379 e. The Labute approximate surface area is 105 Å². The Balaban J connectivity index is 2.15. The van der Waals surface area contributed by atoms with E-state index >= 15 is 0 Å². The van der Waals surface area contributed by atoms with Crippen LogP contribution in [0.2, 0.25) is 5.02 Å². The molecule has 2 rings (SSSR count). The van der Waals surface area contributed by atoms with Crippen molar-refractivity contribution in [2.45, 2.75) is 26.2 Å². The molecule has 0 spiro atoms. The van der Waals surface area contributed by atoms with Gasteiger partial charge in [-0.15, -0.1) is 0 Å². The van der Waals surface area contributed by atoms with Gasteiger partial charge in [-0.1, -0.05) is 31.0 Å². The number of halogens is 1. The first-order valence-electron chi connectivity index (χ1n) is 5.69. The topological polar surface area (TPSA) is 55.2 Å². The molecule has 0 bridgehead atoms. The summed E-state index contributed by atoms with van der Waals surface area (Å²) in [7, 11) is 0. The maximum Gasteiger partial charge on any atom is 0.310 e. The predicted molar refractivity (Wildman–Crippen MR) is 68.6 cm³/mol. The maximum absolute atomic E-state index is 10.9. The summed E-state index contributed by atoms with van der Waals surface area (Å²) in [6.07, 6.45) is 3.60. The predicted octanol–water partition coefficient (Wildman–Crippen LogP) is 3.85. The Morgan fingerprint density at radius 3 is 2.76 bits per heavy atom. The summed E-state index contributed by atoms with van der Waals surface area (Å²) in [5, 5.41) is 14.3. The summed E-state index contributed by atoms with van der Waals surface area (Å²) in [5.41, 5.74) is 0.753. The van der Waals surface area contributed by atoms with Crippen molar-refractivity contribution >= 4 is 23.0 Å². The van der Waals surface area contributed by atoms with Gasteiger partial charge in [0.25, 0.3) is 0 Å². The maximum atomic E-state index is 10.9. The van der Waals surface area contributed by atoms with Crippen molar-refractivity contribution in [3.05, 3.63) is 33.3 Å². The lowest BCUT2D eigenvalue weighted by Crippen LogP contribution is -2.33. The normalized spacial score (nSPS) is 17.3. The van der Waals surface area contributed by atoms with Gasteiger partial charge in [0.1, 0.15) is 10.7 Å². The van der Waals surface area contributed by atoms with Gasteiger partial charge in [-0.3, -0.25) is 10.1 Å². The first-order valence-corrected chi connectivity index (χ1v) is 6.06. The van der Waals surface area contributed by atoms with Crippen LogP contribution in [0.4, 0.5) is 11.4 Å². The molecule has 0 radical (unpaired) electrons. The zero-order chi connectivity index (χ0) is 12.5. The lowest BCUT2D eigenvalue weighted by molar-refractivity contribution is -0.383. The number of hydrogen-bond donors (Lipinski definition) is 1. The standard InChI is InChI=1S/C12H15ClN2O2/c1-12(6-3-7-12)8-14-10-5-2-4-9(13)11(10)15(16)17/h2,4-5,14H,3,6-8H2,1H3. The summed E-state index contributed by atoms with van der Waals surface area (Å²) >= 11 is 5.84. The number of nitrogens with zero attached hydrogens (tertiary/aromatic N) is 1. The number of para-hydroxylation sites is 1. The fourth-order valence-corrected chi connectivity index (χ4v) is 2.35. The molecule has 1 saturated carbocycles. The zero-order valence-electron chi connectivity index (χ0n) is 9.70. The van der Waals surface area contributed by atoms with E-state index in [1.807, 2.05) is 0 Å². The van der Waals surface area contributed by atoms with E-state index in [0.717, 1.165) is 6.54 Å². The molecule has 0 saturated heterocycles. The van der Waals surface area contributed by atoms with Crippen LogP contribution in [-0.4, -0.2) is 11.5 Å². The highest BCUT2D eigenvalue weighted by atomic mass is 35.5. The van der Waals surface area contributed by atoms with Crippen LogP contribution in [0.1, 0.15) is 26.2 Å². The van der Waals surface area contributed by atoms with Gasteiger partial charge in [-0.2, -0.15) is 0 Å². The zero-order valence-corrected chi connectivity index (χ0v) is 10.5. The van der Waals surface area contributed by atoms with Crippen LogP contribution >= 0.6 is 11.6 Å². The summed E-state index contributed by atoms with van der Waals surface area (Å²) < 4.78 is 0. The van der Waals surface area contributed by atoms with E-state index in [0.29, 0.717) is 5.69 Å². The summed E-state index contributed by atoms with van der Waals surface area (Å²) in [5.74, 6) is 0. The number of hydrogen-bond acceptors (Lipinski definition) is 3. The second-order valence-electron chi connectivity index (χ2n) is 4.91. The van der Waals surface area contributed by atoms with Crippen molar-refractivity contribution in [3.8, 4) is 0 Å². The SMILES string of the molecule is CC1(CNc2cccc(Cl)c2[N+](=O)[O-])CCC1. The molecule has 0 aromatic heterocycles. The van der Waals surface area contributed by atoms with E-state index < -0.39 is 4.92 Å². The van der Waals surface area contributed by atoms with Gasteiger partial charge in [0.05, 0.1) is 4.92 Å². The van der Waals surface area contributed by atoms with Gasteiger partial charge in [0, 0.05) is 6.54 Å². The van der Waals surface area contributed by atoms with Gasteiger partial charge in [0.15, 0.2) is 0 Å². The highest BCUT2D eigenvalue weighted by Gasteiger charge is 2.32. The minimum Gasteiger partial charge on any atom is -0.379 e. The highest BCUT2D eigenvalue weighted by molar-refractivity contribution is 6.33. The second kappa shape index (κ2) is 4.53. The minimum absolute atomic E-state index is 0.0305. The Morgan fingerprint density at radius 1 is 1.53 bits per heavy atom. The molecule has 0 unspecified atom stereocenters. The third-order valence-electron chi connectivity index (χ3n) is 3.44. The molecule has 1 fully saturated rings. The van der Waals surface area contributed by atoms with Crippen molar-refractivity contribution in [2.75, 3.05) is 11.9 Å². The molecule has 1 aliphatic rings. The van der Waals surface area contributed by atoms with Gasteiger partial charge < -0.3 is 5.32 Å². The minimum atomic E-state index is -0.437. The molecule has 0 atom stereocenters. The van der Waals surface area contributed by atoms with Crippen LogP contribution in [0, 0.1) is 15.5 Å². The smallest absolute Gasteiger partial charge is 0.310 e. The third kappa shape index (κ3) is 2.52. The first-order chi connectivity index (χ1) is 8.02. The van der Waals surface area contributed by atoms with Crippen LogP contribution in [0.25, 0.3) is 0 Å². The first kappa shape index (κ1) is 12.2. The molecule has 1 N–H and O–H groups in total. The van der Waals surface area contributed by atoms with Crippen molar-refractivity contribution in [3.63, 3.8) is 0 Å². The number of nitro benzene ring substituents is 1.